The maximum absolute atomic E-state index is 6.10. The lowest BCUT2D eigenvalue weighted by Crippen LogP contribution is -2.10. The van der Waals surface area contributed by atoms with Crippen molar-refractivity contribution in [1.29, 1.82) is 0 Å². The summed E-state index contributed by atoms with van der Waals surface area (Å²) in [4.78, 5) is 2.26. The Morgan fingerprint density at radius 3 is 1.58 bits per heavy atom. The van der Waals surface area contributed by atoms with E-state index in [1.54, 1.807) is 0 Å². The molecule has 0 unspecified atom stereocenters. The minimum absolute atomic E-state index is 0.402. The molecule has 0 radical (unpaired) electrons. The topological polar surface area (TPSA) is 12.5 Å². The first-order valence-electron chi connectivity index (χ1n) is 11.0. The maximum Gasteiger partial charge on any atom is 0.124 e. The van der Waals surface area contributed by atoms with Crippen molar-refractivity contribution in [3.05, 3.63) is 119 Å². The van der Waals surface area contributed by atoms with Crippen molar-refractivity contribution in [2.75, 3.05) is 4.90 Å². The molecule has 0 spiro atoms. The Labute approximate surface area is 206 Å². The van der Waals surface area contributed by atoms with Crippen molar-refractivity contribution in [3.8, 4) is 5.75 Å². The first-order chi connectivity index (χ1) is 16.1. The number of halogens is 2. The van der Waals surface area contributed by atoms with E-state index in [-0.39, 0.29) is 0 Å². The highest BCUT2D eigenvalue weighted by Gasteiger charge is 2.12. The predicted molar refractivity (Wildman–Crippen MR) is 140 cm³/mol. The van der Waals surface area contributed by atoms with Gasteiger partial charge in [0.2, 0.25) is 0 Å². The number of rotatable bonds is 8. The summed E-state index contributed by atoms with van der Waals surface area (Å²) < 4.78 is 6.10. The molecule has 0 N–H and O–H groups in total. The second-order valence-corrected chi connectivity index (χ2v) is 8.71. The largest absolute Gasteiger partial charge is 0.489 e. The number of alkyl halides is 2. The van der Waals surface area contributed by atoms with Gasteiger partial charge in [-0.2, -0.15) is 0 Å². The fraction of sp³-hybridized carbons (Fsp3) is 0.172. The molecule has 0 fully saturated rings. The Morgan fingerprint density at radius 2 is 1.09 bits per heavy atom. The molecule has 0 amide bonds. The summed E-state index contributed by atoms with van der Waals surface area (Å²) in [5, 5.41) is 0. The zero-order chi connectivity index (χ0) is 23.2. The average Bonchev–Trinajstić information content (AvgIpc) is 2.85. The lowest BCUT2D eigenvalue weighted by Gasteiger charge is -2.26. The molecule has 2 nitrogen and oxygen atoms in total. The van der Waals surface area contributed by atoms with Crippen molar-refractivity contribution in [2.45, 2.75) is 32.2 Å². The van der Waals surface area contributed by atoms with Crippen molar-refractivity contribution < 1.29 is 4.74 Å². The highest BCUT2D eigenvalue weighted by Crippen LogP contribution is 2.35. The van der Waals surface area contributed by atoms with Crippen LogP contribution in [0.15, 0.2) is 91.0 Å². The van der Waals surface area contributed by atoms with Crippen LogP contribution in [0.25, 0.3) is 0 Å². The third kappa shape index (κ3) is 5.71. The molecule has 0 atom stereocenters. The predicted octanol–water partition coefficient (Wildman–Crippen LogP) is 8.83. The Hall–Kier alpha value is -2.94. The number of ether oxygens (including phenoxy) is 1. The quantitative estimate of drug-likeness (QED) is 0.236. The van der Waals surface area contributed by atoms with Crippen LogP contribution >= 0.6 is 23.2 Å². The van der Waals surface area contributed by atoms with Gasteiger partial charge in [-0.05, 0) is 67.4 Å². The highest BCUT2D eigenvalue weighted by atomic mass is 35.5. The molecule has 4 heteroatoms. The van der Waals surface area contributed by atoms with Crippen LogP contribution in [0.3, 0.4) is 0 Å². The molecule has 0 aromatic heterocycles. The smallest absolute Gasteiger partial charge is 0.124 e. The summed E-state index contributed by atoms with van der Waals surface area (Å²) in [6.45, 7) is 4.67. The lowest BCUT2D eigenvalue weighted by molar-refractivity contribution is 0.303. The van der Waals surface area contributed by atoms with Gasteiger partial charge in [-0.3, -0.25) is 0 Å². The van der Waals surface area contributed by atoms with Gasteiger partial charge in [0.05, 0.1) is 5.88 Å². The number of benzene rings is 4. The Morgan fingerprint density at radius 1 is 0.606 bits per heavy atom. The number of aryl methyl sites for hydroxylation is 2. The minimum atomic E-state index is 0.402. The van der Waals surface area contributed by atoms with E-state index in [0.717, 1.165) is 39.5 Å². The molecule has 4 rings (SSSR count). The molecular weight excluding hydrogens is 449 g/mol. The van der Waals surface area contributed by atoms with Crippen molar-refractivity contribution >= 4 is 40.3 Å². The van der Waals surface area contributed by atoms with Crippen LogP contribution in [0.2, 0.25) is 0 Å². The second kappa shape index (κ2) is 10.8. The van der Waals surface area contributed by atoms with Crippen LogP contribution in [0.1, 0.15) is 27.8 Å². The average molecular weight is 476 g/mol. The van der Waals surface area contributed by atoms with E-state index in [1.807, 2.05) is 18.2 Å². The number of nitrogens with zero attached hydrogens (tertiary/aromatic N) is 1. The molecule has 0 heterocycles. The summed E-state index contributed by atoms with van der Waals surface area (Å²) in [5.41, 5.74) is 8.89. The number of anilines is 3. The molecule has 0 aliphatic heterocycles. The van der Waals surface area contributed by atoms with E-state index >= 15 is 0 Å². The molecule has 0 saturated carbocycles. The standard InChI is InChI=1S/C29H27Cl2NO/c1-21-3-11-26(12-4-21)32(27-13-5-22(2)6-14-27)28-15-8-23(9-16-28)20-33-29-17-24(18-30)7-10-25(29)19-31/h3-17H,18-20H2,1-2H3. The zero-order valence-corrected chi connectivity index (χ0v) is 20.4. The molecular formula is C29H27Cl2NO. The van der Waals surface area contributed by atoms with Gasteiger partial charge in [-0.15, -0.1) is 23.2 Å². The van der Waals surface area contributed by atoms with E-state index in [2.05, 4.69) is 91.5 Å². The number of hydrogen-bond acceptors (Lipinski definition) is 2. The minimum Gasteiger partial charge on any atom is -0.489 e. The van der Waals surface area contributed by atoms with Crippen LogP contribution in [0.4, 0.5) is 17.1 Å². The van der Waals surface area contributed by atoms with Gasteiger partial charge in [0, 0.05) is 28.5 Å². The van der Waals surface area contributed by atoms with Gasteiger partial charge in [-0.1, -0.05) is 59.7 Å². The first kappa shape index (κ1) is 23.2. The normalized spacial score (nSPS) is 10.8. The summed E-state index contributed by atoms with van der Waals surface area (Å²) in [6.07, 6.45) is 0. The monoisotopic (exact) mass is 475 g/mol. The van der Waals surface area contributed by atoms with Crippen LogP contribution < -0.4 is 9.64 Å². The molecule has 0 saturated heterocycles. The Bertz CT molecular complexity index is 1140. The van der Waals surface area contributed by atoms with Crippen LogP contribution in [-0.2, 0) is 18.4 Å². The van der Waals surface area contributed by atoms with E-state index in [9.17, 15) is 0 Å². The van der Waals surface area contributed by atoms with Gasteiger partial charge in [0.25, 0.3) is 0 Å². The van der Waals surface area contributed by atoms with Gasteiger partial charge in [0.1, 0.15) is 12.4 Å². The summed E-state index contributed by atoms with van der Waals surface area (Å²) in [5.74, 6) is 1.63. The third-order valence-corrected chi connectivity index (χ3v) is 6.20. The van der Waals surface area contributed by atoms with E-state index in [4.69, 9.17) is 27.9 Å². The van der Waals surface area contributed by atoms with E-state index < -0.39 is 0 Å². The van der Waals surface area contributed by atoms with Crippen LogP contribution in [0.5, 0.6) is 5.75 Å². The van der Waals surface area contributed by atoms with Crippen molar-refractivity contribution in [1.82, 2.24) is 0 Å². The highest BCUT2D eigenvalue weighted by molar-refractivity contribution is 6.17. The van der Waals surface area contributed by atoms with Gasteiger partial charge >= 0.3 is 0 Å². The van der Waals surface area contributed by atoms with E-state index in [0.29, 0.717) is 18.4 Å². The van der Waals surface area contributed by atoms with Crippen molar-refractivity contribution in [2.24, 2.45) is 0 Å². The third-order valence-electron chi connectivity index (χ3n) is 5.60. The Balaban J connectivity index is 1.58. The van der Waals surface area contributed by atoms with Gasteiger partial charge < -0.3 is 9.64 Å². The molecule has 0 bridgehead atoms. The molecule has 4 aromatic rings. The van der Waals surface area contributed by atoms with Gasteiger partial charge in [0.15, 0.2) is 0 Å². The molecule has 4 aromatic carbocycles. The fourth-order valence-electron chi connectivity index (χ4n) is 3.66. The first-order valence-corrected chi connectivity index (χ1v) is 12.0. The van der Waals surface area contributed by atoms with Gasteiger partial charge in [-0.25, -0.2) is 0 Å². The summed E-state index contributed by atoms with van der Waals surface area (Å²) >= 11 is 12.1. The number of hydrogen-bond donors (Lipinski definition) is 0. The fourth-order valence-corrected chi connectivity index (χ4v) is 4.05. The molecule has 0 aliphatic rings. The lowest BCUT2D eigenvalue weighted by atomic mass is 10.1. The van der Waals surface area contributed by atoms with Crippen LogP contribution in [0, 0.1) is 13.8 Å². The zero-order valence-electron chi connectivity index (χ0n) is 18.9. The SMILES string of the molecule is Cc1ccc(N(c2ccc(C)cc2)c2ccc(COc3cc(CCl)ccc3CCl)cc2)cc1. The van der Waals surface area contributed by atoms with E-state index in [1.165, 1.54) is 11.1 Å². The summed E-state index contributed by atoms with van der Waals surface area (Å²) in [7, 11) is 0. The second-order valence-electron chi connectivity index (χ2n) is 8.17. The summed E-state index contributed by atoms with van der Waals surface area (Å²) in [6, 6.07) is 31.6. The molecule has 168 valence electrons. The Kier molecular flexibility index (Phi) is 7.59. The maximum atomic E-state index is 6.10. The van der Waals surface area contributed by atoms with Crippen LogP contribution in [-0.4, -0.2) is 0 Å². The van der Waals surface area contributed by atoms with Crippen molar-refractivity contribution in [3.63, 3.8) is 0 Å². The molecule has 0 aliphatic carbocycles. The molecule has 33 heavy (non-hydrogen) atoms.